The Hall–Kier alpha value is -1.35. The zero-order chi connectivity index (χ0) is 13.7. The molecule has 3 heteroatoms. The number of benzene rings is 1. The number of anilines is 1. The molecule has 2 saturated carbocycles. The lowest BCUT2D eigenvalue weighted by atomic mass is 9.99. The maximum Gasteiger partial charge on any atom is 0.227 e. The lowest BCUT2D eigenvalue weighted by molar-refractivity contribution is -0.119. The highest BCUT2D eigenvalue weighted by Gasteiger charge is 2.52. The molecule has 106 valence electrons. The van der Waals surface area contributed by atoms with Gasteiger partial charge >= 0.3 is 0 Å². The molecule has 1 aromatic carbocycles. The van der Waals surface area contributed by atoms with Gasteiger partial charge in [0.2, 0.25) is 5.91 Å². The van der Waals surface area contributed by atoms with Gasteiger partial charge in [-0.2, -0.15) is 0 Å². The smallest absolute Gasteiger partial charge is 0.227 e. The Kier molecular flexibility index (Phi) is 2.68. The molecule has 4 rings (SSSR count). The zero-order valence-electron chi connectivity index (χ0n) is 11.8. The second kappa shape index (κ2) is 4.32. The molecule has 0 unspecified atom stereocenters. The lowest BCUT2D eigenvalue weighted by Crippen LogP contribution is -2.35. The van der Waals surface area contributed by atoms with Crippen LogP contribution in [-0.4, -0.2) is 18.5 Å². The van der Waals surface area contributed by atoms with Gasteiger partial charge in [-0.15, -0.1) is 0 Å². The molecule has 1 spiro atoms. The highest BCUT2D eigenvalue weighted by Crippen LogP contribution is 2.56. The molecule has 2 atom stereocenters. The Bertz CT molecular complexity index is 550. The van der Waals surface area contributed by atoms with E-state index in [-0.39, 0.29) is 11.9 Å². The van der Waals surface area contributed by atoms with Crippen LogP contribution >= 0.6 is 0 Å². The summed E-state index contributed by atoms with van der Waals surface area (Å²) >= 11 is 0. The maximum atomic E-state index is 12.7. The van der Waals surface area contributed by atoms with Crippen LogP contribution in [0, 0.1) is 5.92 Å². The number of hydrogen-bond acceptors (Lipinski definition) is 2. The molecule has 3 nitrogen and oxygen atoms in total. The lowest BCUT2D eigenvalue weighted by Gasteiger charge is -2.21. The van der Waals surface area contributed by atoms with Crippen LogP contribution in [0.1, 0.15) is 44.1 Å². The van der Waals surface area contributed by atoms with Gasteiger partial charge in [-0.05, 0) is 43.2 Å². The van der Waals surface area contributed by atoms with Crippen LogP contribution in [0.25, 0.3) is 0 Å². The summed E-state index contributed by atoms with van der Waals surface area (Å²) in [5.74, 6) is 0.675. The number of hydrogen-bond donors (Lipinski definition) is 1. The molecular formula is C17H22N2O. The molecule has 2 N–H and O–H groups in total. The molecule has 1 aromatic rings. The van der Waals surface area contributed by atoms with Crippen LogP contribution < -0.4 is 10.6 Å². The summed E-state index contributed by atoms with van der Waals surface area (Å²) in [6.45, 7) is 0.896. The molecule has 20 heavy (non-hydrogen) atoms. The third kappa shape index (κ3) is 1.80. The van der Waals surface area contributed by atoms with E-state index >= 15 is 0 Å². The molecule has 0 radical (unpaired) electrons. The molecule has 1 heterocycles. The van der Waals surface area contributed by atoms with E-state index in [1.165, 1.54) is 24.8 Å². The first-order chi connectivity index (χ1) is 9.70. The first-order valence-electron chi connectivity index (χ1n) is 7.85. The van der Waals surface area contributed by atoms with Crippen molar-refractivity contribution in [1.82, 2.24) is 0 Å². The SMILES string of the molecule is N[C@@H]1CCC[C@H]1CC(=O)N1CC2(CC2)c2ccccc21. The minimum atomic E-state index is 0.228. The van der Waals surface area contributed by atoms with E-state index < -0.39 is 0 Å². The average molecular weight is 270 g/mol. The Morgan fingerprint density at radius 3 is 2.80 bits per heavy atom. The third-order valence-electron chi connectivity index (χ3n) is 5.54. The predicted octanol–water partition coefficient (Wildman–Crippen LogP) is 2.58. The van der Waals surface area contributed by atoms with Gasteiger partial charge in [-0.1, -0.05) is 24.6 Å². The van der Waals surface area contributed by atoms with Crippen LogP contribution in [-0.2, 0) is 10.2 Å². The van der Waals surface area contributed by atoms with E-state index in [9.17, 15) is 4.79 Å². The van der Waals surface area contributed by atoms with Gasteiger partial charge in [0.15, 0.2) is 0 Å². The van der Waals surface area contributed by atoms with E-state index in [1.807, 2.05) is 11.0 Å². The largest absolute Gasteiger partial charge is 0.327 e. The topological polar surface area (TPSA) is 46.3 Å². The Labute approximate surface area is 120 Å². The second-order valence-electron chi connectivity index (χ2n) is 6.84. The predicted molar refractivity (Wildman–Crippen MR) is 79.6 cm³/mol. The fourth-order valence-electron chi connectivity index (χ4n) is 4.08. The zero-order valence-corrected chi connectivity index (χ0v) is 11.8. The van der Waals surface area contributed by atoms with Crippen LogP contribution in [0.4, 0.5) is 5.69 Å². The van der Waals surface area contributed by atoms with Gasteiger partial charge in [0.1, 0.15) is 0 Å². The van der Waals surface area contributed by atoms with E-state index in [0.717, 1.165) is 25.1 Å². The number of para-hydroxylation sites is 1. The second-order valence-corrected chi connectivity index (χ2v) is 6.84. The number of fused-ring (bicyclic) bond motifs is 2. The number of amides is 1. The Balaban J connectivity index is 1.56. The van der Waals surface area contributed by atoms with Gasteiger partial charge in [-0.25, -0.2) is 0 Å². The summed E-state index contributed by atoms with van der Waals surface area (Å²) in [6, 6.07) is 8.68. The molecule has 0 aromatic heterocycles. The van der Waals surface area contributed by atoms with E-state index in [2.05, 4.69) is 18.2 Å². The molecule has 2 aliphatic carbocycles. The maximum absolute atomic E-state index is 12.7. The van der Waals surface area contributed by atoms with E-state index in [0.29, 0.717) is 17.8 Å². The first-order valence-corrected chi connectivity index (χ1v) is 7.85. The summed E-state index contributed by atoms with van der Waals surface area (Å²) in [7, 11) is 0. The average Bonchev–Trinajstić information content (AvgIpc) is 3.02. The molecule has 1 amide bonds. The van der Waals surface area contributed by atoms with Crippen LogP contribution in [0.2, 0.25) is 0 Å². The molecule has 0 bridgehead atoms. The highest BCUT2D eigenvalue weighted by atomic mass is 16.2. The molecule has 1 aliphatic heterocycles. The molecule has 3 aliphatic rings. The summed E-state index contributed by atoms with van der Waals surface area (Å²) in [4.78, 5) is 14.7. The first kappa shape index (κ1) is 12.4. The third-order valence-corrected chi connectivity index (χ3v) is 5.54. The van der Waals surface area contributed by atoms with Gasteiger partial charge in [0.25, 0.3) is 0 Å². The molecule has 2 fully saturated rings. The van der Waals surface area contributed by atoms with Crippen molar-refractivity contribution in [2.24, 2.45) is 11.7 Å². The van der Waals surface area contributed by atoms with Crippen molar-refractivity contribution in [1.29, 1.82) is 0 Å². The van der Waals surface area contributed by atoms with Gasteiger partial charge < -0.3 is 10.6 Å². The normalized spacial score (nSPS) is 29.8. The van der Waals surface area contributed by atoms with Crippen molar-refractivity contribution in [3.63, 3.8) is 0 Å². The monoisotopic (exact) mass is 270 g/mol. The number of nitrogens with zero attached hydrogens (tertiary/aromatic N) is 1. The number of carbonyl (C=O) groups is 1. The fraction of sp³-hybridized carbons (Fsp3) is 0.588. The van der Waals surface area contributed by atoms with Crippen LogP contribution in [0.5, 0.6) is 0 Å². The van der Waals surface area contributed by atoms with Crippen molar-refractivity contribution >= 4 is 11.6 Å². The molecule has 0 saturated heterocycles. The van der Waals surface area contributed by atoms with Crippen LogP contribution in [0.3, 0.4) is 0 Å². The fourth-order valence-corrected chi connectivity index (χ4v) is 4.08. The van der Waals surface area contributed by atoms with Gasteiger partial charge in [-0.3, -0.25) is 4.79 Å². The van der Waals surface area contributed by atoms with Gasteiger partial charge in [0.05, 0.1) is 0 Å². The molecular weight excluding hydrogens is 248 g/mol. The van der Waals surface area contributed by atoms with E-state index in [1.54, 1.807) is 0 Å². The summed E-state index contributed by atoms with van der Waals surface area (Å²) in [6.07, 6.45) is 6.48. The minimum Gasteiger partial charge on any atom is -0.327 e. The standard InChI is InChI=1S/C17H22N2O/c18-14-6-3-4-12(14)10-16(20)19-11-17(8-9-17)13-5-1-2-7-15(13)19/h1-2,5,7,12,14H,3-4,6,8-11,18H2/t12-,14+/m0/s1. The van der Waals surface area contributed by atoms with Crippen LogP contribution in [0.15, 0.2) is 24.3 Å². The van der Waals surface area contributed by atoms with Crippen molar-refractivity contribution in [3.8, 4) is 0 Å². The Morgan fingerprint density at radius 2 is 2.10 bits per heavy atom. The van der Waals surface area contributed by atoms with Crippen molar-refractivity contribution < 1.29 is 4.79 Å². The van der Waals surface area contributed by atoms with E-state index in [4.69, 9.17) is 5.73 Å². The quantitative estimate of drug-likeness (QED) is 0.898. The summed E-state index contributed by atoms with van der Waals surface area (Å²) < 4.78 is 0. The van der Waals surface area contributed by atoms with Crippen molar-refractivity contribution in [2.45, 2.75) is 50.0 Å². The summed E-state index contributed by atoms with van der Waals surface area (Å²) in [5.41, 5.74) is 8.96. The highest BCUT2D eigenvalue weighted by molar-refractivity contribution is 5.96. The minimum absolute atomic E-state index is 0.228. The van der Waals surface area contributed by atoms with Gasteiger partial charge in [0, 0.05) is 30.1 Å². The number of rotatable bonds is 2. The number of carbonyl (C=O) groups excluding carboxylic acids is 1. The van der Waals surface area contributed by atoms with Crippen molar-refractivity contribution in [2.75, 3.05) is 11.4 Å². The Morgan fingerprint density at radius 1 is 1.30 bits per heavy atom. The van der Waals surface area contributed by atoms with Crippen molar-refractivity contribution in [3.05, 3.63) is 29.8 Å². The summed E-state index contributed by atoms with van der Waals surface area (Å²) in [5, 5.41) is 0. The number of nitrogens with two attached hydrogens (primary N) is 1.